The number of para-hydroxylation sites is 1. The van der Waals surface area contributed by atoms with Gasteiger partial charge >= 0.3 is 5.69 Å². The molecule has 1 aromatic carbocycles. The van der Waals surface area contributed by atoms with E-state index in [-0.39, 0.29) is 5.69 Å². The van der Waals surface area contributed by atoms with E-state index in [9.17, 15) is 10.1 Å². The lowest BCUT2D eigenvalue weighted by atomic mass is 10.1. The van der Waals surface area contributed by atoms with Gasteiger partial charge in [-0.25, -0.2) is 4.98 Å². The fraction of sp³-hybridized carbons (Fsp3) is 0.357. The van der Waals surface area contributed by atoms with Crippen LogP contribution in [-0.2, 0) is 0 Å². The molecule has 0 fully saturated rings. The number of aliphatic hydroxyl groups is 1. The predicted octanol–water partition coefficient (Wildman–Crippen LogP) is 1.53. The lowest BCUT2D eigenvalue weighted by Crippen LogP contribution is -2.29. The molecule has 112 valence electrons. The Labute approximate surface area is 122 Å². The number of hydrogen-bond donors (Lipinski definition) is 3. The number of nitro groups is 1. The van der Waals surface area contributed by atoms with Crippen LogP contribution in [0.5, 0.6) is 0 Å². The summed E-state index contributed by atoms with van der Waals surface area (Å²) >= 11 is 0. The number of nitrogens with zero attached hydrogens (tertiary/aromatic N) is 2. The van der Waals surface area contributed by atoms with E-state index < -0.39 is 11.0 Å². The highest BCUT2D eigenvalue weighted by molar-refractivity contribution is 5.95. The zero-order valence-electron chi connectivity index (χ0n) is 11.7. The Balaban J connectivity index is 2.16. The van der Waals surface area contributed by atoms with Crippen LogP contribution in [0.3, 0.4) is 0 Å². The molecule has 21 heavy (non-hydrogen) atoms. The van der Waals surface area contributed by atoms with Gasteiger partial charge in [0.25, 0.3) is 0 Å². The Bertz CT molecular complexity index is 631. The van der Waals surface area contributed by atoms with Crippen molar-refractivity contribution in [2.45, 2.75) is 13.0 Å². The van der Waals surface area contributed by atoms with Gasteiger partial charge in [-0.1, -0.05) is 18.2 Å². The predicted molar refractivity (Wildman–Crippen MR) is 81.4 cm³/mol. The van der Waals surface area contributed by atoms with Crippen molar-refractivity contribution in [3.63, 3.8) is 0 Å². The summed E-state index contributed by atoms with van der Waals surface area (Å²) in [5, 5.41) is 27.1. The maximum Gasteiger partial charge on any atom is 0.311 e. The summed E-state index contributed by atoms with van der Waals surface area (Å²) in [4.78, 5) is 14.8. The molecule has 7 nitrogen and oxygen atoms in total. The lowest BCUT2D eigenvalue weighted by Gasteiger charge is -2.11. The van der Waals surface area contributed by atoms with Crippen molar-refractivity contribution in [3.8, 4) is 0 Å². The minimum Gasteiger partial charge on any atom is -0.392 e. The van der Waals surface area contributed by atoms with Crippen LogP contribution in [0.4, 0.5) is 11.4 Å². The number of nitrogens with one attached hydrogen (secondary N) is 2. The van der Waals surface area contributed by atoms with E-state index in [0.29, 0.717) is 30.8 Å². The topological polar surface area (TPSA) is 100 Å². The first kappa shape index (κ1) is 15.1. The zero-order valence-corrected chi connectivity index (χ0v) is 11.7. The van der Waals surface area contributed by atoms with Gasteiger partial charge < -0.3 is 15.7 Å². The molecule has 0 amide bonds. The van der Waals surface area contributed by atoms with Gasteiger partial charge in [-0.15, -0.1) is 0 Å². The molecule has 1 aromatic heterocycles. The first-order chi connectivity index (χ1) is 10.1. The van der Waals surface area contributed by atoms with Gasteiger partial charge in [0.1, 0.15) is 11.9 Å². The number of aliphatic hydroxyl groups excluding tert-OH is 1. The van der Waals surface area contributed by atoms with E-state index >= 15 is 0 Å². The van der Waals surface area contributed by atoms with Gasteiger partial charge in [0.2, 0.25) is 0 Å². The van der Waals surface area contributed by atoms with E-state index in [0.717, 1.165) is 5.39 Å². The first-order valence-electron chi connectivity index (χ1n) is 6.74. The highest BCUT2D eigenvalue weighted by atomic mass is 16.6. The van der Waals surface area contributed by atoms with Gasteiger partial charge in [0.05, 0.1) is 16.5 Å². The van der Waals surface area contributed by atoms with E-state index in [4.69, 9.17) is 5.11 Å². The van der Waals surface area contributed by atoms with Crippen LogP contribution >= 0.6 is 0 Å². The Morgan fingerprint density at radius 2 is 2.14 bits per heavy atom. The van der Waals surface area contributed by atoms with Gasteiger partial charge in [-0.05, 0) is 13.0 Å². The van der Waals surface area contributed by atoms with Crippen molar-refractivity contribution in [3.05, 3.63) is 40.6 Å². The SMILES string of the molecule is CC(O)CNCCNc1c([N+](=O)[O-])cnc2ccccc12. The van der Waals surface area contributed by atoms with Gasteiger partial charge in [0.15, 0.2) is 0 Å². The molecule has 0 saturated heterocycles. The maximum absolute atomic E-state index is 11.1. The molecule has 0 radical (unpaired) electrons. The monoisotopic (exact) mass is 290 g/mol. The fourth-order valence-corrected chi connectivity index (χ4v) is 2.04. The molecule has 0 aliphatic rings. The molecule has 1 atom stereocenters. The summed E-state index contributed by atoms with van der Waals surface area (Å²) < 4.78 is 0. The second-order valence-electron chi connectivity index (χ2n) is 4.77. The Morgan fingerprint density at radius 3 is 2.86 bits per heavy atom. The van der Waals surface area contributed by atoms with Crippen molar-refractivity contribution >= 4 is 22.3 Å². The van der Waals surface area contributed by atoms with Gasteiger partial charge in [-0.3, -0.25) is 10.1 Å². The molecule has 1 heterocycles. The summed E-state index contributed by atoms with van der Waals surface area (Å²) in [5.74, 6) is 0. The van der Waals surface area contributed by atoms with E-state index in [1.807, 2.05) is 18.2 Å². The van der Waals surface area contributed by atoms with Gasteiger partial charge in [-0.2, -0.15) is 0 Å². The number of rotatable bonds is 7. The smallest absolute Gasteiger partial charge is 0.311 e. The molecule has 0 aliphatic carbocycles. The average molecular weight is 290 g/mol. The molecule has 7 heteroatoms. The molecule has 0 spiro atoms. The van der Waals surface area contributed by atoms with Gasteiger partial charge in [0, 0.05) is 25.0 Å². The molecule has 2 rings (SSSR count). The van der Waals surface area contributed by atoms with Crippen LogP contribution in [0.15, 0.2) is 30.5 Å². The number of anilines is 1. The summed E-state index contributed by atoms with van der Waals surface area (Å²) in [7, 11) is 0. The molecule has 3 N–H and O–H groups in total. The standard InChI is InChI=1S/C14H18N4O3/c1-10(19)8-15-6-7-16-14-11-4-2-3-5-12(11)17-9-13(14)18(20)21/h2-5,9-10,15,19H,6-8H2,1H3,(H,16,17). The van der Waals surface area contributed by atoms with Crippen molar-refractivity contribution in [2.24, 2.45) is 0 Å². The third kappa shape index (κ3) is 3.87. The zero-order chi connectivity index (χ0) is 15.2. The molecule has 0 bridgehead atoms. The van der Waals surface area contributed by atoms with Crippen LogP contribution in [0, 0.1) is 10.1 Å². The first-order valence-corrected chi connectivity index (χ1v) is 6.74. The largest absolute Gasteiger partial charge is 0.392 e. The van der Waals surface area contributed by atoms with Crippen molar-refractivity contribution < 1.29 is 10.0 Å². The van der Waals surface area contributed by atoms with Crippen molar-refractivity contribution in [2.75, 3.05) is 25.0 Å². The minimum atomic E-state index is -0.439. The van der Waals surface area contributed by atoms with Crippen molar-refractivity contribution in [1.29, 1.82) is 0 Å². The van der Waals surface area contributed by atoms with Crippen LogP contribution in [0.25, 0.3) is 10.9 Å². The Kier molecular flexibility index (Phi) is 5.02. The van der Waals surface area contributed by atoms with Crippen LogP contribution in [-0.4, -0.2) is 40.8 Å². The molecule has 0 saturated carbocycles. The normalized spacial score (nSPS) is 12.3. The van der Waals surface area contributed by atoms with Crippen LogP contribution in [0.1, 0.15) is 6.92 Å². The molecular formula is C14H18N4O3. The fourth-order valence-electron chi connectivity index (χ4n) is 2.04. The number of pyridine rings is 1. The number of fused-ring (bicyclic) bond motifs is 1. The lowest BCUT2D eigenvalue weighted by molar-refractivity contribution is -0.384. The molecular weight excluding hydrogens is 272 g/mol. The summed E-state index contributed by atoms with van der Waals surface area (Å²) in [6.45, 7) is 3.29. The Hall–Kier alpha value is -2.25. The number of hydrogen-bond acceptors (Lipinski definition) is 6. The second kappa shape index (κ2) is 6.96. The number of aromatic nitrogens is 1. The van der Waals surface area contributed by atoms with E-state index in [1.165, 1.54) is 6.20 Å². The highest BCUT2D eigenvalue weighted by Crippen LogP contribution is 2.30. The maximum atomic E-state index is 11.1. The number of benzene rings is 1. The average Bonchev–Trinajstić information content (AvgIpc) is 2.46. The minimum absolute atomic E-state index is 0.0378. The summed E-state index contributed by atoms with van der Waals surface area (Å²) in [6.07, 6.45) is 0.856. The molecule has 2 aromatic rings. The second-order valence-corrected chi connectivity index (χ2v) is 4.77. The molecule has 0 aliphatic heterocycles. The third-order valence-electron chi connectivity index (χ3n) is 3.00. The highest BCUT2D eigenvalue weighted by Gasteiger charge is 2.17. The van der Waals surface area contributed by atoms with Crippen molar-refractivity contribution in [1.82, 2.24) is 10.3 Å². The Morgan fingerprint density at radius 1 is 1.38 bits per heavy atom. The third-order valence-corrected chi connectivity index (χ3v) is 3.00. The summed E-state index contributed by atoms with van der Waals surface area (Å²) in [5.41, 5.74) is 1.15. The molecule has 1 unspecified atom stereocenters. The quantitative estimate of drug-likeness (QED) is 0.406. The van der Waals surface area contributed by atoms with Crippen LogP contribution < -0.4 is 10.6 Å². The summed E-state index contributed by atoms with van der Waals surface area (Å²) in [6, 6.07) is 7.29. The van der Waals surface area contributed by atoms with E-state index in [2.05, 4.69) is 15.6 Å². The van der Waals surface area contributed by atoms with Crippen LogP contribution in [0.2, 0.25) is 0 Å². The van der Waals surface area contributed by atoms with E-state index in [1.54, 1.807) is 13.0 Å².